The zero-order chi connectivity index (χ0) is 27.4. The first kappa shape index (κ1) is 25.1. The number of aromatic nitrogens is 5. The van der Waals surface area contributed by atoms with Gasteiger partial charge in [0, 0.05) is 74.6 Å². The zero-order valence-corrected chi connectivity index (χ0v) is 22.2. The molecule has 4 aromatic heterocycles. The number of aliphatic hydroxyl groups excluding tert-OH is 1. The van der Waals surface area contributed by atoms with Crippen LogP contribution in [0.25, 0.3) is 11.1 Å². The average molecular weight is 532 g/mol. The summed E-state index contributed by atoms with van der Waals surface area (Å²) in [5.74, 6) is -0.0463. The number of aliphatic hydroxyl groups is 1. The van der Waals surface area contributed by atoms with Crippen molar-refractivity contribution in [3.05, 3.63) is 75.0 Å². The number of pyridine rings is 2. The number of hydrogen-bond donors (Lipinski definition) is 2. The normalized spacial score (nSPS) is 14.9. The van der Waals surface area contributed by atoms with E-state index < -0.39 is 18.3 Å². The average Bonchev–Trinajstić information content (AvgIpc) is 3.41. The van der Waals surface area contributed by atoms with Crippen LogP contribution in [0.5, 0.6) is 0 Å². The molecule has 11 heteroatoms. The highest BCUT2D eigenvalue weighted by atomic mass is 19.1. The van der Waals surface area contributed by atoms with Crippen molar-refractivity contribution in [2.24, 2.45) is 14.1 Å². The smallest absolute Gasteiger partial charge is 0.274 e. The molecule has 0 bridgehead atoms. The molecule has 2 aliphatic rings. The van der Waals surface area contributed by atoms with Gasteiger partial charge in [0.1, 0.15) is 11.5 Å². The minimum absolute atomic E-state index is 0.119. The zero-order valence-electron chi connectivity index (χ0n) is 22.2. The van der Waals surface area contributed by atoms with Crippen LogP contribution in [0.1, 0.15) is 45.8 Å². The molecule has 202 valence electrons. The van der Waals surface area contributed by atoms with Crippen LogP contribution >= 0.6 is 0 Å². The monoisotopic (exact) mass is 531 g/mol. The van der Waals surface area contributed by atoms with E-state index in [1.165, 1.54) is 9.47 Å². The van der Waals surface area contributed by atoms with Gasteiger partial charge in [0.15, 0.2) is 11.6 Å². The fourth-order valence-electron chi connectivity index (χ4n) is 5.75. The molecule has 10 nitrogen and oxygen atoms in total. The van der Waals surface area contributed by atoms with Gasteiger partial charge in [-0.1, -0.05) is 0 Å². The van der Waals surface area contributed by atoms with Crippen molar-refractivity contribution >= 4 is 23.2 Å². The lowest BCUT2D eigenvalue weighted by atomic mass is 10.00. The summed E-state index contributed by atoms with van der Waals surface area (Å²) in [4.78, 5) is 32.5. The Morgan fingerprint density at radius 2 is 1.92 bits per heavy atom. The lowest BCUT2D eigenvalue weighted by molar-refractivity contribution is 0.0975. The third-order valence-electron chi connectivity index (χ3n) is 7.81. The topological polar surface area (TPSA) is 110 Å². The molecular formula is C28H30FN7O3. The van der Waals surface area contributed by atoms with Crippen LogP contribution < -0.4 is 15.8 Å². The van der Waals surface area contributed by atoms with Gasteiger partial charge >= 0.3 is 0 Å². The predicted molar refractivity (Wildman–Crippen MR) is 145 cm³/mol. The van der Waals surface area contributed by atoms with Gasteiger partial charge in [-0.2, -0.15) is 5.10 Å². The summed E-state index contributed by atoms with van der Waals surface area (Å²) in [7, 11) is 3.47. The SMILES string of the molecule is Cc1cc(Nc2cc(-c3ccnc(N4CCc5c(c(F)c6n5CCCC6)C4=O)c3CO)cn(C)c2=O)nn1C. The number of carbonyl (C=O) groups is 1. The van der Waals surface area contributed by atoms with Crippen LogP contribution in [0.15, 0.2) is 35.4 Å². The second-order valence-electron chi connectivity index (χ2n) is 10.2. The van der Waals surface area contributed by atoms with Gasteiger partial charge in [-0.25, -0.2) is 9.37 Å². The minimum Gasteiger partial charge on any atom is -0.392 e. The molecule has 4 aromatic rings. The molecule has 0 atom stereocenters. The van der Waals surface area contributed by atoms with Crippen LogP contribution in [0.3, 0.4) is 0 Å². The van der Waals surface area contributed by atoms with Crippen molar-refractivity contribution in [3.8, 4) is 11.1 Å². The fraction of sp³-hybridized carbons (Fsp3) is 0.357. The Labute approximate surface area is 224 Å². The summed E-state index contributed by atoms with van der Waals surface area (Å²) >= 11 is 0. The number of fused-ring (bicyclic) bond motifs is 3. The quantitative estimate of drug-likeness (QED) is 0.409. The first-order valence-electron chi connectivity index (χ1n) is 13.1. The molecule has 0 saturated carbocycles. The van der Waals surface area contributed by atoms with Crippen LogP contribution in [-0.2, 0) is 40.1 Å². The van der Waals surface area contributed by atoms with E-state index in [2.05, 4.69) is 15.4 Å². The second kappa shape index (κ2) is 9.49. The molecular weight excluding hydrogens is 501 g/mol. The Kier molecular flexibility index (Phi) is 6.10. The molecule has 0 fully saturated rings. The van der Waals surface area contributed by atoms with Gasteiger partial charge in [0.05, 0.1) is 17.9 Å². The van der Waals surface area contributed by atoms with Crippen LogP contribution in [0, 0.1) is 12.7 Å². The van der Waals surface area contributed by atoms with Crippen LogP contribution in [0.4, 0.5) is 21.7 Å². The first-order chi connectivity index (χ1) is 18.8. The number of amides is 1. The van der Waals surface area contributed by atoms with E-state index in [-0.39, 0.29) is 16.9 Å². The maximum Gasteiger partial charge on any atom is 0.274 e. The third kappa shape index (κ3) is 4.04. The summed E-state index contributed by atoms with van der Waals surface area (Å²) in [6.07, 6.45) is 6.25. The Bertz CT molecular complexity index is 1660. The van der Waals surface area contributed by atoms with Crippen molar-refractivity contribution in [1.82, 2.24) is 23.9 Å². The molecule has 2 aliphatic heterocycles. The van der Waals surface area contributed by atoms with E-state index in [1.54, 1.807) is 36.3 Å². The van der Waals surface area contributed by atoms with E-state index in [0.717, 1.165) is 30.8 Å². The number of nitrogens with zero attached hydrogens (tertiary/aromatic N) is 6. The van der Waals surface area contributed by atoms with Gasteiger partial charge in [-0.15, -0.1) is 0 Å². The molecule has 0 saturated heterocycles. The minimum atomic E-state index is -0.441. The summed E-state index contributed by atoms with van der Waals surface area (Å²) in [6.45, 7) is 2.58. The van der Waals surface area contributed by atoms with E-state index in [1.807, 2.05) is 24.6 Å². The fourth-order valence-corrected chi connectivity index (χ4v) is 5.75. The lowest BCUT2D eigenvalue weighted by Gasteiger charge is -2.29. The highest BCUT2D eigenvalue weighted by Gasteiger charge is 2.36. The van der Waals surface area contributed by atoms with E-state index in [0.29, 0.717) is 53.3 Å². The number of halogens is 1. The molecule has 6 rings (SSSR count). The lowest BCUT2D eigenvalue weighted by Crippen LogP contribution is -2.39. The summed E-state index contributed by atoms with van der Waals surface area (Å²) in [6, 6.07) is 5.27. The molecule has 6 heterocycles. The number of nitrogens with one attached hydrogen (secondary N) is 1. The standard InChI is InChI=1S/C28H30FN7O3/c1-16-12-23(32-34(16)3)31-20-13-17(14-33(2)27(20)38)18-7-9-30-26(19(18)15-37)36-11-8-21-24(28(36)39)25(29)22-6-4-5-10-35(21)22/h7,9,12-14,37H,4-6,8,10-11,15H2,1-3H3,(H,31,32). The second-order valence-corrected chi connectivity index (χ2v) is 10.2. The Balaban J connectivity index is 1.41. The number of aryl methyl sites for hydroxylation is 3. The van der Waals surface area contributed by atoms with Crippen molar-refractivity contribution in [2.45, 2.75) is 45.8 Å². The van der Waals surface area contributed by atoms with Gasteiger partial charge < -0.3 is 19.6 Å². The Morgan fingerprint density at radius 3 is 2.67 bits per heavy atom. The largest absolute Gasteiger partial charge is 0.392 e. The predicted octanol–water partition coefficient (Wildman–Crippen LogP) is 3.20. The maximum atomic E-state index is 15.4. The van der Waals surface area contributed by atoms with Crippen molar-refractivity contribution in [3.63, 3.8) is 0 Å². The highest BCUT2D eigenvalue weighted by Crippen LogP contribution is 2.36. The van der Waals surface area contributed by atoms with E-state index in [9.17, 15) is 14.7 Å². The molecule has 0 spiro atoms. The van der Waals surface area contributed by atoms with E-state index >= 15 is 4.39 Å². The van der Waals surface area contributed by atoms with Gasteiger partial charge in [0.2, 0.25) is 0 Å². The number of rotatable bonds is 5. The number of hydrogen-bond acceptors (Lipinski definition) is 6. The molecule has 0 aliphatic carbocycles. The molecule has 0 unspecified atom stereocenters. The highest BCUT2D eigenvalue weighted by molar-refractivity contribution is 6.08. The van der Waals surface area contributed by atoms with Crippen molar-refractivity contribution in [1.29, 1.82) is 0 Å². The Hall–Kier alpha value is -4.25. The molecule has 0 radical (unpaired) electrons. The van der Waals surface area contributed by atoms with Crippen LogP contribution in [0.2, 0.25) is 0 Å². The van der Waals surface area contributed by atoms with Gasteiger partial charge in [-0.3, -0.25) is 19.2 Å². The first-order valence-corrected chi connectivity index (χ1v) is 13.1. The molecule has 39 heavy (non-hydrogen) atoms. The van der Waals surface area contributed by atoms with Gasteiger partial charge in [-0.05, 0) is 43.9 Å². The van der Waals surface area contributed by atoms with Crippen molar-refractivity contribution < 1.29 is 14.3 Å². The summed E-state index contributed by atoms with van der Waals surface area (Å²) in [5.41, 5.74) is 4.18. The molecule has 2 N–H and O–H groups in total. The Morgan fingerprint density at radius 1 is 1.10 bits per heavy atom. The van der Waals surface area contributed by atoms with Crippen LogP contribution in [-0.4, -0.2) is 41.5 Å². The number of carbonyl (C=O) groups excluding carboxylic acids is 1. The summed E-state index contributed by atoms with van der Waals surface area (Å²) in [5, 5.41) is 17.9. The third-order valence-corrected chi connectivity index (χ3v) is 7.81. The van der Waals surface area contributed by atoms with Gasteiger partial charge in [0.25, 0.3) is 11.5 Å². The molecule has 1 amide bonds. The maximum absolute atomic E-state index is 15.4. The number of anilines is 3. The summed E-state index contributed by atoms with van der Waals surface area (Å²) < 4.78 is 20.5. The molecule has 0 aromatic carbocycles. The van der Waals surface area contributed by atoms with E-state index in [4.69, 9.17) is 0 Å². The van der Waals surface area contributed by atoms with Crippen molar-refractivity contribution in [2.75, 3.05) is 16.8 Å².